The maximum atomic E-state index is 13.2. The second-order valence-electron chi connectivity index (χ2n) is 6.67. The maximum Gasteiger partial charge on any atom is 0.329 e. The van der Waals surface area contributed by atoms with Crippen molar-refractivity contribution in [1.82, 2.24) is 10.2 Å². The van der Waals surface area contributed by atoms with Gasteiger partial charge in [0.2, 0.25) is 0 Å². The molecule has 2 aliphatic heterocycles. The van der Waals surface area contributed by atoms with E-state index in [0.717, 1.165) is 4.90 Å². The van der Waals surface area contributed by atoms with Crippen LogP contribution in [0.4, 0.5) is 14.9 Å². The highest BCUT2D eigenvalue weighted by Crippen LogP contribution is 2.29. The second kappa shape index (κ2) is 6.95. The Morgan fingerprint density at radius 1 is 1.11 bits per heavy atom. The van der Waals surface area contributed by atoms with Gasteiger partial charge >= 0.3 is 6.03 Å². The first-order valence-corrected chi connectivity index (χ1v) is 8.84. The highest BCUT2D eigenvalue weighted by atomic mass is 19.1. The summed E-state index contributed by atoms with van der Waals surface area (Å²) >= 11 is 0. The zero-order valence-electron chi connectivity index (χ0n) is 15.1. The number of ether oxygens (including phenoxy) is 1. The Hall–Kier alpha value is -3.42. The Morgan fingerprint density at radius 3 is 2.43 bits per heavy atom. The lowest BCUT2D eigenvalue weighted by Gasteiger charge is -2.36. The molecule has 0 bridgehead atoms. The SMILES string of the molecule is COc1ccc(C(=O)N2CC[C@@H]3NC(=O)N(c4ccc(F)cc4)C(=O)[C@H]32)cc1. The molecule has 0 spiro atoms. The fraction of sp³-hybridized carbons (Fsp3) is 0.250. The molecular weight excluding hydrogens is 365 g/mol. The molecule has 8 heteroatoms. The zero-order chi connectivity index (χ0) is 19.8. The molecule has 0 unspecified atom stereocenters. The van der Waals surface area contributed by atoms with Crippen LogP contribution in [0.25, 0.3) is 0 Å². The van der Waals surface area contributed by atoms with Crippen LogP contribution in [0.15, 0.2) is 48.5 Å². The molecule has 0 radical (unpaired) electrons. The third-order valence-electron chi connectivity index (χ3n) is 5.07. The Bertz CT molecular complexity index is 929. The van der Waals surface area contributed by atoms with Crippen LogP contribution in [0.2, 0.25) is 0 Å². The molecule has 2 aromatic carbocycles. The van der Waals surface area contributed by atoms with Crippen molar-refractivity contribution in [2.75, 3.05) is 18.6 Å². The third kappa shape index (κ3) is 2.96. The first-order valence-electron chi connectivity index (χ1n) is 8.84. The molecular formula is C20H18FN3O4. The summed E-state index contributed by atoms with van der Waals surface area (Å²) < 4.78 is 18.3. The van der Waals surface area contributed by atoms with Crippen LogP contribution in [-0.4, -0.2) is 48.5 Å². The van der Waals surface area contributed by atoms with E-state index >= 15 is 0 Å². The van der Waals surface area contributed by atoms with Crippen molar-refractivity contribution in [3.63, 3.8) is 0 Å². The monoisotopic (exact) mass is 383 g/mol. The molecule has 4 rings (SSSR count). The van der Waals surface area contributed by atoms with Crippen LogP contribution in [0.3, 0.4) is 0 Å². The fourth-order valence-corrected chi connectivity index (χ4v) is 3.67. The van der Waals surface area contributed by atoms with Gasteiger partial charge in [0.1, 0.15) is 17.6 Å². The molecule has 2 aromatic rings. The highest BCUT2D eigenvalue weighted by Gasteiger charge is 2.50. The van der Waals surface area contributed by atoms with Crippen molar-refractivity contribution in [3.8, 4) is 5.75 Å². The van der Waals surface area contributed by atoms with E-state index in [0.29, 0.717) is 24.3 Å². The van der Waals surface area contributed by atoms with Gasteiger partial charge < -0.3 is 15.0 Å². The van der Waals surface area contributed by atoms with Crippen LogP contribution >= 0.6 is 0 Å². The van der Waals surface area contributed by atoms with Gasteiger partial charge in [0.25, 0.3) is 11.8 Å². The number of amides is 4. The van der Waals surface area contributed by atoms with Crippen molar-refractivity contribution in [3.05, 3.63) is 59.9 Å². The lowest BCUT2D eigenvalue weighted by Crippen LogP contribution is -2.65. The molecule has 0 aromatic heterocycles. The number of rotatable bonds is 3. The lowest BCUT2D eigenvalue weighted by atomic mass is 10.0. The summed E-state index contributed by atoms with van der Waals surface area (Å²) in [6, 6.07) is 9.87. The number of nitrogens with one attached hydrogen (secondary N) is 1. The van der Waals surface area contributed by atoms with Crippen molar-refractivity contribution in [1.29, 1.82) is 0 Å². The number of benzene rings is 2. The van der Waals surface area contributed by atoms with Crippen LogP contribution in [-0.2, 0) is 4.79 Å². The number of carbonyl (C=O) groups is 3. The molecule has 4 amide bonds. The van der Waals surface area contributed by atoms with Crippen molar-refractivity contribution >= 4 is 23.5 Å². The normalized spacial score (nSPS) is 21.4. The van der Waals surface area contributed by atoms with Gasteiger partial charge in [0.05, 0.1) is 18.8 Å². The summed E-state index contributed by atoms with van der Waals surface area (Å²) in [7, 11) is 1.54. The van der Waals surface area contributed by atoms with Crippen molar-refractivity contribution in [2.45, 2.75) is 18.5 Å². The number of likely N-dealkylation sites (tertiary alicyclic amines) is 1. The average Bonchev–Trinajstić information content (AvgIpc) is 3.13. The Balaban J connectivity index is 1.62. The van der Waals surface area contributed by atoms with Crippen LogP contribution in [0.1, 0.15) is 16.8 Å². The molecule has 2 atom stereocenters. The minimum absolute atomic E-state index is 0.256. The fourth-order valence-electron chi connectivity index (χ4n) is 3.67. The van der Waals surface area contributed by atoms with E-state index in [2.05, 4.69) is 5.32 Å². The maximum absolute atomic E-state index is 13.2. The molecule has 7 nitrogen and oxygen atoms in total. The predicted octanol–water partition coefficient (Wildman–Crippen LogP) is 2.17. The van der Waals surface area contributed by atoms with Crippen LogP contribution in [0.5, 0.6) is 5.75 Å². The summed E-state index contributed by atoms with van der Waals surface area (Å²) in [6.07, 6.45) is 0.487. The molecule has 2 fully saturated rings. The summed E-state index contributed by atoms with van der Waals surface area (Å²) in [5.74, 6) is -0.638. The van der Waals surface area contributed by atoms with Gasteiger partial charge in [-0.2, -0.15) is 0 Å². The first kappa shape index (κ1) is 18.0. The Morgan fingerprint density at radius 2 is 1.79 bits per heavy atom. The number of anilines is 1. The molecule has 2 heterocycles. The van der Waals surface area contributed by atoms with E-state index in [9.17, 15) is 18.8 Å². The van der Waals surface area contributed by atoms with E-state index in [1.54, 1.807) is 24.3 Å². The van der Waals surface area contributed by atoms with Crippen molar-refractivity contribution in [2.24, 2.45) is 0 Å². The Labute approximate surface area is 160 Å². The van der Waals surface area contributed by atoms with E-state index in [-0.39, 0.29) is 11.6 Å². The zero-order valence-corrected chi connectivity index (χ0v) is 15.1. The van der Waals surface area contributed by atoms with Gasteiger partial charge in [-0.25, -0.2) is 14.1 Å². The predicted molar refractivity (Wildman–Crippen MR) is 98.6 cm³/mol. The molecule has 2 saturated heterocycles. The molecule has 2 aliphatic rings. The minimum Gasteiger partial charge on any atom is -0.497 e. The number of hydrogen-bond acceptors (Lipinski definition) is 4. The summed E-state index contributed by atoms with van der Waals surface area (Å²) in [4.78, 5) is 40.9. The lowest BCUT2D eigenvalue weighted by molar-refractivity contribution is -0.122. The van der Waals surface area contributed by atoms with Gasteiger partial charge in [-0.05, 0) is 55.0 Å². The van der Waals surface area contributed by atoms with Gasteiger partial charge in [-0.1, -0.05) is 0 Å². The largest absolute Gasteiger partial charge is 0.497 e. The summed E-state index contributed by atoms with van der Waals surface area (Å²) in [5.41, 5.74) is 0.686. The van der Waals surface area contributed by atoms with Gasteiger partial charge in [-0.3, -0.25) is 9.59 Å². The number of urea groups is 1. The van der Waals surface area contributed by atoms with Gasteiger partial charge in [0, 0.05) is 12.1 Å². The number of imide groups is 1. The molecule has 28 heavy (non-hydrogen) atoms. The quantitative estimate of drug-likeness (QED) is 0.881. The molecule has 0 aliphatic carbocycles. The van der Waals surface area contributed by atoms with Gasteiger partial charge in [0.15, 0.2) is 0 Å². The van der Waals surface area contributed by atoms with E-state index in [4.69, 9.17) is 4.74 Å². The number of fused-ring (bicyclic) bond motifs is 1. The number of hydrogen-bond donors (Lipinski definition) is 1. The molecule has 0 saturated carbocycles. The number of carbonyl (C=O) groups excluding carboxylic acids is 3. The summed E-state index contributed by atoms with van der Waals surface area (Å²) in [6.45, 7) is 0.351. The summed E-state index contributed by atoms with van der Waals surface area (Å²) in [5, 5.41) is 2.78. The number of methoxy groups -OCH3 is 1. The minimum atomic E-state index is -0.808. The van der Waals surface area contributed by atoms with Gasteiger partial charge in [-0.15, -0.1) is 0 Å². The number of halogens is 1. The highest BCUT2D eigenvalue weighted by molar-refractivity contribution is 6.19. The topological polar surface area (TPSA) is 79.0 Å². The smallest absolute Gasteiger partial charge is 0.329 e. The second-order valence-corrected chi connectivity index (χ2v) is 6.67. The molecule has 1 N–H and O–H groups in total. The van der Waals surface area contributed by atoms with Crippen molar-refractivity contribution < 1.29 is 23.5 Å². The molecule has 144 valence electrons. The first-order chi connectivity index (χ1) is 13.5. The van der Waals surface area contributed by atoms with E-state index < -0.39 is 29.8 Å². The Kier molecular flexibility index (Phi) is 4.46. The van der Waals surface area contributed by atoms with Crippen LogP contribution in [0, 0.1) is 5.82 Å². The standard InChI is InChI=1S/C20H18FN3O4/c1-28-15-8-2-12(3-9-15)18(25)23-11-10-16-17(23)19(26)24(20(27)22-16)14-6-4-13(21)5-7-14/h2-9,16-17H,10-11H2,1H3,(H,22,27)/t16-,17-/m0/s1. The third-order valence-corrected chi connectivity index (χ3v) is 5.07. The van der Waals surface area contributed by atoms with E-state index in [1.165, 1.54) is 36.3 Å². The average molecular weight is 383 g/mol. The number of nitrogens with zero attached hydrogens (tertiary/aromatic N) is 2. The van der Waals surface area contributed by atoms with E-state index in [1.807, 2.05) is 0 Å². The van der Waals surface area contributed by atoms with Crippen LogP contribution < -0.4 is 15.0 Å².